The van der Waals surface area contributed by atoms with E-state index < -0.39 is 0 Å². The van der Waals surface area contributed by atoms with E-state index in [2.05, 4.69) is 10.1 Å². The first-order valence-corrected chi connectivity index (χ1v) is 7.42. The van der Waals surface area contributed by atoms with Crippen LogP contribution in [0, 0.1) is 0 Å². The molecule has 0 spiro atoms. The number of amidine groups is 1. The smallest absolute Gasteiger partial charge is 0.259 e. The maximum Gasteiger partial charge on any atom is 0.259 e. The molecule has 1 aromatic carbocycles. The van der Waals surface area contributed by atoms with E-state index in [1.807, 2.05) is 50.2 Å². The van der Waals surface area contributed by atoms with Gasteiger partial charge in [-0.1, -0.05) is 23.9 Å². The van der Waals surface area contributed by atoms with E-state index in [-0.39, 0.29) is 5.91 Å². The lowest BCUT2D eigenvalue weighted by Crippen LogP contribution is -2.24. The number of thioether (sulfide) groups is 1. The molecule has 0 aliphatic carbocycles. The maximum absolute atomic E-state index is 11.7. The lowest BCUT2D eigenvalue weighted by atomic mass is 10.2. The Morgan fingerprint density at radius 1 is 1.35 bits per heavy atom. The Labute approximate surface area is 123 Å². The molecule has 2 rings (SSSR count). The summed E-state index contributed by atoms with van der Waals surface area (Å²) in [6, 6.07) is 7.98. The van der Waals surface area contributed by atoms with Crippen molar-refractivity contribution in [3.63, 3.8) is 0 Å². The van der Waals surface area contributed by atoms with Crippen LogP contribution in [-0.4, -0.2) is 48.7 Å². The molecule has 1 aromatic rings. The lowest BCUT2D eigenvalue weighted by Gasteiger charge is -2.12. The summed E-state index contributed by atoms with van der Waals surface area (Å²) in [5, 5.41) is 6.30. The van der Waals surface area contributed by atoms with Crippen LogP contribution >= 0.6 is 11.8 Å². The third kappa shape index (κ3) is 3.39. The van der Waals surface area contributed by atoms with E-state index >= 15 is 0 Å². The molecule has 0 N–H and O–H groups in total. The van der Waals surface area contributed by atoms with Gasteiger partial charge in [0.25, 0.3) is 5.91 Å². The largest absolute Gasteiger partial charge is 0.378 e. The van der Waals surface area contributed by atoms with Crippen molar-refractivity contribution in [1.29, 1.82) is 0 Å². The Morgan fingerprint density at radius 3 is 2.65 bits per heavy atom. The number of hydrogen-bond donors (Lipinski definition) is 0. The van der Waals surface area contributed by atoms with Gasteiger partial charge in [-0.15, -0.1) is 0 Å². The van der Waals surface area contributed by atoms with Gasteiger partial charge in [-0.05, 0) is 24.6 Å². The van der Waals surface area contributed by atoms with Crippen LogP contribution in [0.15, 0.2) is 34.4 Å². The van der Waals surface area contributed by atoms with Crippen molar-refractivity contribution in [2.24, 2.45) is 10.1 Å². The minimum atomic E-state index is -0.0247. The van der Waals surface area contributed by atoms with Gasteiger partial charge in [0.1, 0.15) is 0 Å². The Morgan fingerprint density at radius 2 is 2.05 bits per heavy atom. The third-order valence-electron chi connectivity index (χ3n) is 2.77. The Balaban J connectivity index is 2.11. The van der Waals surface area contributed by atoms with Gasteiger partial charge in [-0.2, -0.15) is 10.1 Å². The Bertz CT molecular complexity index is 537. The van der Waals surface area contributed by atoms with Gasteiger partial charge in [0.05, 0.1) is 12.0 Å². The van der Waals surface area contributed by atoms with Crippen LogP contribution in [0.1, 0.15) is 12.5 Å². The second-order valence-corrected chi connectivity index (χ2v) is 5.42. The Kier molecular flexibility index (Phi) is 4.79. The quantitative estimate of drug-likeness (QED) is 0.797. The molecule has 0 bridgehead atoms. The zero-order valence-electron chi connectivity index (χ0n) is 11.9. The molecule has 106 valence electrons. The van der Waals surface area contributed by atoms with Crippen molar-refractivity contribution in [3.8, 4) is 0 Å². The first-order chi connectivity index (χ1) is 9.61. The SMILES string of the molecule is CCN=C1SCC(=O)N1/N=C\c1ccc(N(C)C)cc1. The summed E-state index contributed by atoms with van der Waals surface area (Å²) in [6.45, 7) is 2.59. The van der Waals surface area contributed by atoms with Crippen LogP contribution in [0.25, 0.3) is 0 Å². The summed E-state index contributed by atoms with van der Waals surface area (Å²) in [5.74, 6) is 0.388. The first-order valence-electron chi connectivity index (χ1n) is 6.43. The number of amides is 1. The number of carbonyl (C=O) groups is 1. The van der Waals surface area contributed by atoms with Crippen LogP contribution < -0.4 is 4.90 Å². The van der Waals surface area contributed by atoms with Crippen molar-refractivity contribution in [1.82, 2.24) is 5.01 Å². The number of hydrazone groups is 1. The minimum Gasteiger partial charge on any atom is -0.378 e. The monoisotopic (exact) mass is 290 g/mol. The predicted molar refractivity (Wildman–Crippen MR) is 85.6 cm³/mol. The van der Waals surface area contributed by atoms with Gasteiger partial charge in [-0.3, -0.25) is 9.79 Å². The molecule has 1 heterocycles. The summed E-state index contributed by atoms with van der Waals surface area (Å²) in [4.78, 5) is 18.0. The Hall–Kier alpha value is -1.82. The van der Waals surface area contributed by atoms with Crippen molar-refractivity contribution in [3.05, 3.63) is 29.8 Å². The molecule has 0 atom stereocenters. The molecule has 0 saturated carbocycles. The fourth-order valence-electron chi connectivity index (χ4n) is 1.70. The van der Waals surface area contributed by atoms with E-state index in [0.29, 0.717) is 17.5 Å². The van der Waals surface area contributed by atoms with Gasteiger partial charge in [0.15, 0.2) is 5.17 Å². The van der Waals surface area contributed by atoms with Gasteiger partial charge in [-0.25, -0.2) is 0 Å². The molecule has 0 unspecified atom stereocenters. The lowest BCUT2D eigenvalue weighted by molar-refractivity contribution is -0.124. The van der Waals surface area contributed by atoms with Gasteiger partial charge in [0.2, 0.25) is 0 Å². The summed E-state index contributed by atoms with van der Waals surface area (Å²) < 4.78 is 0. The molecular formula is C14H18N4OS. The van der Waals surface area contributed by atoms with Crippen LogP contribution in [0.4, 0.5) is 5.69 Å². The number of aliphatic imine (C=N–C) groups is 1. The van der Waals surface area contributed by atoms with Crippen molar-refractivity contribution in [2.45, 2.75) is 6.92 Å². The van der Waals surface area contributed by atoms with E-state index in [9.17, 15) is 4.79 Å². The highest BCUT2D eigenvalue weighted by molar-refractivity contribution is 8.15. The second kappa shape index (κ2) is 6.56. The average molecular weight is 290 g/mol. The second-order valence-electron chi connectivity index (χ2n) is 4.48. The van der Waals surface area contributed by atoms with E-state index in [1.54, 1.807) is 6.21 Å². The average Bonchev–Trinajstić information content (AvgIpc) is 2.78. The fraction of sp³-hybridized carbons (Fsp3) is 0.357. The highest BCUT2D eigenvalue weighted by Crippen LogP contribution is 2.19. The molecule has 20 heavy (non-hydrogen) atoms. The molecule has 1 aliphatic rings. The van der Waals surface area contributed by atoms with Crippen molar-refractivity contribution < 1.29 is 4.79 Å². The number of anilines is 1. The number of hydrogen-bond acceptors (Lipinski definition) is 5. The molecule has 1 aliphatic heterocycles. The molecule has 1 fully saturated rings. The summed E-state index contributed by atoms with van der Waals surface area (Å²) in [7, 11) is 3.99. The summed E-state index contributed by atoms with van der Waals surface area (Å²) in [6.07, 6.45) is 1.69. The van der Waals surface area contributed by atoms with Crippen LogP contribution in [0.3, 0.4) is 0 Å². The highest BCUT2D eigenvalue weighted by Gasteiger charge is 2.27. The molecule has 5 nitrogen and oxygen atoms in total. The van der Waals surface area contributed by atoms with Gasteiger partial charge < -0.3 is 4.90 Å². The summed E-state index contributed by atoms with van der Waals surface area (Å²) in [5.41, 5.74) is 2.08. The molecule has 0 aromatic heterocycles. The van der Waals surface area contributed by atoms with Crippen LogP contribution in [-0.2, 0) is 4.79 Å². The molecule has 1 saturated heterocycles. The maximum atomic E-state index is 11.7. The zero-order valence-corrected chi connectivity index (χ0v) is 12.7. The number of nitrogens with zero attached hydrogens (tertiary/aromatic N) is 4. The number of rotatable bonds is 4. The number of carbonyl (C=O) groups excluding carboxylic acids is 1. The number of benzene rings is 1. The standard InChI is InChI=1S/C14H18N4OS/c1-4-15-14-18(13(19)10-20-14)16-9-11-5-7-12(8-6-11)17(2)3/h5-9H,4,10H2,1-3H3/b15-14?,16-9-. The third-order valence-corrected chi connectivity index (χ3v) is 3.72. The van der Waals surface area contributed by atoms with Gasteiger partial charge in [0, 0.05) is 26.3 Å². The topological polar surface area (TPSA) is 48.3 Å². The van der Waals surface area contributed by atoms with E-state index in [1.165, 1.54) is 16.8 Å². The molecular weight excluding hydrogens is 272 g/mol. The van der Waals surface area contributed by atoms with Crippen LogP contribution in [0.2, 0.25) is 0 Å². The summed E-state index contributed by atoms with van der Waals surface area (Å²) >= 11 is 1.43. The van der Waals surface area contributed by atoms with E-state index in [0.717, 1.165) is 11.3 Å². The molecule has 6 heteroatoms. The highest BCUT2D eigenvalue weighted by atomic mass is 32.2. The van der Waals surface area contributed by atoms with Crippen LogP contribution in [0.5, 0.6) is 0 Å². The predicted octanol–water partition coefficient (Wildman–Crippen LogP) is 2.04. The normalized spacial score (nSPS) is 17.4. The molecule has 1 amide bonds. The van der Waals surface area contributed by atoms with E-state index in [4.69, 9.17) is 0 Å². The fourth-order valence-corrected chi connectivity index (χ4v) is 2.57. The first kappa shape index (κ1) is 14.6. The molecule has 0 radical (unpaired) electrons. The van der Waals surface area contributed by atoms with Gasteiger partial charge >= 0.3 is 0 Å². The van der Waals surface area contributed by atoms with Crippen molar-refractivity contribution in [2.75, 3.05) is 31.3 Å². The minimum absolute atomic E-state index is 0.0247. The van der Waals surface area contributed by atoms with Crippen molar-refractivity contribution >= 4 is 34.7 Å². The zero-order chi connectivity index (χ0) is 14.5.